The Morgan fingerprint density at radius 2 is 1.81 bits per heavy atom. The van der Waals surface area contributed by atoms with E-state index in [2.05, 4.69) is 39.4 Å². The van der Waals surface area contributed by atoms with Crippen molar-refractivity contribution in [2.24, 2.45) is 0 Å². The van der Waals surface area contributed by atoms with Gasteiger partial charge in [0, 0.05) is 38.3 Å². The number of hydrogen-bond acceptors (Lipinski definition) is 4. The molecule has 0 bridgehead atoms. The number of thiocarbonyl (C=S) groups is 1. The van der Waals surface area contributed by atoms with Crippen molar-refractivity contribution in [3.8, 4) is 5.75 Å². The van der Waals surface area contributed by atoms with Gasteiger partial charge in [0.15, 0.2) is 5.11 Å². The van der Waals surface area contributed by atoms with E-state index in [1.165, 1.54) is 5.56 Å². The highest BCUT2D eigenvalue weighted by Gasteiger charge is 2.20. The lowest BCUT2D eigenvalue weighted by atomic mass is 10.2. The third-order valence-corrected chi connectivity index (χ3v) is 4.90. The van der Waals surface area contributed by atoms with E-state index in [0.717, 1.165) is 32.7 Å². The molecule has 1 aliphatic rings. The first-order valence-corrected chi connectivity index (χ1v) is 9.66. The molecule has 1 fully saturated rings. The molecule has 0 unspecified atom stereocenters. The first-order valence-electron chi connectivity index (χ1n) is 9.25. The molecule has 142 valence electrons. The largest absolute Gasteiger partial charge is 0.494 e. The zero-order valence-corrected chi connectivity index (χ0v) is 16.4. The van der Waals surface area contributed by atoms with Crippen molar-refractivity contribution < 1.29 is 9.53 Å². The van der Waals surface area contributed by atoms with Crippen LogP contribution in [-0.2, 0) is 6.54 Å². The van der Waals surface area contributed by atoms with Gasteiger partial charge in [-0.25, -0.2) is 0 Å². The third kappa shape index (κ3) is 5.52. The maximum absolute atomic E-state index is 12.5. The Morgan fingerprint density at radius 3 is 2.52 bits per heavy atom. The van der Waals surface area contributed by atoms with Crippen molar-refractivity contribution in [1.82, 2.24) is 15.1 Å². The molecule has 3 rings (SSSR count). The molecule has 0 aliphatic carbocycles. The van der Waals surface area contributed by atoms with Crippen molar-refractivity contribution >= 4 is 23.2 Å². The smallest absolute Gasteiger partial charge is 0.257 e. The normalized spacial score (nSPS) is 14.6. The van der Waals surface area contributed by atoms with E-state index in [-0.39, 0.29) is 5.91 Å². The van der Waals surface area contributed by atoms with E-state index < -0.39 is 0 Å². The average Bonchev–Trinajstić information content (AvgIpc) is 2.70. The van der Waals surface area contributed by atoms with Crippen LogP contribution in [0.3, 0.4) is 0 Å². The Labute approximate surface area is 165 Å². The van der Waals surface area contributed by atoms with Crippen LogP contribution in [0.5, 0.6) is 5.75 Å². The molecule has 1 amide bonds. The van der Waals surface area contributed by atoms with Gasteiger partial charge in [0.05, 0.1) is 6.61 Å². The molecule has 27 heavy (non-hydrogen) atoms. The predicted octanol–water partition coefficient (Wildman–Crippen LogP) is 2.92. The van der Waals surface area contributed by atoms with Crippen LogP contribution in [-0.4, -0.2) is 53.6 Å². The summed E-state index contributed by atoms with van der Waals surface area (Å²) in [6.07, 6.45) is 0. The second-order valence-electron chi connectivity index (χ2n) is 6.47. The van der Waals surface area contributed by atoms with E-state index >= 15 is 0 Å². The van der Waals surface area contributed by atoms with Crippen molar-refractivity contribution in [2.75, 3.05) is 32.8 Å². The first-order chi connectivity index (χ1) is 13.2. The minimum atomic E-state index is -0.201. The number of piperazine rings is 1. The Kier molecular flexibility index (Phi) is 6.79. The topological polar surface area (TPSA) is 44.8 Å². The lowest BCUT2D eigenvalue weighted by molar-refractivity contribution is 0.0968. The molecule has 6 heteroatoms. The standard InChI is InChI=1S/C21H25N3O2S/c1-2-26-19-10-6-9-18(15-19)20(25)22-21(27)24-13-11-23(12-14-24)16-17-7-4-3-5-8-17/h3-10,15H,2,11-14,16H2,1H3,(H,22,25,27). The highest BCUT2D eigenvalue weighted by Crippen LogP contribution is 2.14. The Hall–Kier alpha value is -2.44. The molecule has 1 aliphatic heterocycles. The molecule has 0 spiro atoms. The summed E-state index contributed by atoms with van der Waals surface area (Å²) < 4.78 is 5.45. The number of rotatable bonds is 5. The monoisotopic (exact) mass is 383 g/mol. The van der Waals surface area contributed by atoms with Gasteiger partial charge in [-0.3, -0.25) is 15.0 Å². The summed E-state index contributed by atoms with van der Waals surface area (Å²) in [6, 6.07) is 17.6. The molecule has 2 aromatic carbocycles. The number of hydrogen-bond donors (Lipinski definition) is 1. The average molecular weight is 384 g/mol. The van der Waals surface area contributed by atoms with Crippen molar-refractivity contribution in [3.05, 3.63) is 65.7 Å². The highest BCUT2D eigenvalue weighted by molar-refractivity contribution is 7.80. The SMILES string of the molecule is CCOc1cccc(C(=O)NC(=S)N2CCN(Cc3ccccc3)CC2)c1. The molecule has 1 saturated heterocycles. The van der Waals surface area contributed by atoms with Gasteiger partial charge in [0.1, 0.15) is 5.75 Å². The molecular formula is C21H25N3O2S. The highest BCUT2D eigenvalue weighted by atomic mass is 32.1. The number of ether oxygens (including phenoxy) is 1. The first kappa shape index (κ1) is 19.3. The maximum atomic E-state index is 12.5. The Morgan fingerprint density at radius 1 is 1.07 bits per heavy atom. The van der Waals surface area contributed by atoms with E-state index in [1.807, 2.05) is 25.1 Å². The number of carbonyl (C=O) groups is 1. The molecule has 1 heterocycles. The Balaban J connectivity index is 1.49. The van der Waals surface area contributed by atoms with Crippen LogP contribution in [0, 0.1) is 0 Å². The minimum Gasteiger partial charge on any atom is -0.494 e. The van der Waals surface area contributed by atoms with Crippen LogP contribution in [0.4, 0.5) is 0 Å². The van der Waals surface area contributed by atoms with Crippen LogP contribution in [0.2, 0.25) is 0 Å². The van der Waals surface area contributed by atoms with Crippen LogP contribution >= 0.6 is 12.2 Å². The number of amides is 1. The van der Waals surface area contributed by atoms with Crippen molar-refractivity contribution in [2.45, 2.75) is 13.5 Å². The van der Waals surface area contributed by atoms with Gasteiger partial charge in [-0.2, -0.15) is 0 Å². The van der Waals surface area contributed by atoms with E-state index in [1.54, 1.807) is 12.1 Å². The quantitative estimate of drug-likeness (QED) is 0.805. The van der Waals surface area contributed by atoms with Crippen LogP contribution in [0.25, 0.3) is 0 Å². The molecular weight excluding hydrogens is 358 g/mol. The van der Waals surface area contributed by atoms with Gasteiger partial charge in [0.2, 0.25) is 0 Å². The summed E-state index contributed by atoms with van der Waals surface area (Å²) in [5, 5.41) is 3.33. The van der Waals surface area contributed by atoms with Gasteiger partial charge < -0.3 is 9.64 Å². The summed E-state index contributed by atoms with van der Waals surface area (Å²) in [7, 11) is 0. The van der Waals surface area contributed by atoms with Crippen LogP contribution in [0.1, 0.15) is 22.8 Å². The molecule has 5 nitrogen and oxygen atoms in total. The number of nitrogens with zero attached hydrogens (tertiary/aromatic N) is 2. The molecule has 0 aromatic heterocycles. The van der Waals surface area contributed by atoms with Crippen LogP contribution < -0.4 is 10.1 Å². The van der Waals surface area contributed by atoms with Gasteiger partial charge in [-0.1, -0.05) is 36.4 Å². The number of nitrogens with one attached hydrogen (secondary N) is 1. The molecule has 2 aromatic rings. The summed E-state index contributed by atoms with van der Waals surface area (Å²) in [5.41, 5.74) is 1.86. The maximum Gasteiger partial charge on any atom is 0.257 e. The van der Waals surface area contributed by atoms with Crippen molar-refractivity contribution in [3.63, 3.8) is 0 Å². The summed E-state index contributed by atoms with van der Waals surface area (Å²) >= 11 is 5.45. The molecule has 0 radical (unpaired) electrons. The summed E-state index contributed by atoms with van der Waals surface area (Å²) in [4.78, 5) is 16.9. The van der Waals surface area contributed by atoms with Gasteiger partial charge in [-0.15, -0.1) is 0 Å². The lowest BCUT2D eigenvalue weighted by Crippen LogP contribution is -2.52. The molecule has 0 atom stereocenters. The van der Waals surface area contributed by atoms with Crippen molar-refractivity contribution in [1.29, 1.82) is 0 Å². The molecule has 0 saturated carbocycles. The third-order valence-electron chi connectivity index (χ3n) is 4.54. The second kappa shape index (κ2) is 9.48. The van der Waals surface area contributed by atoms with E-state index in [9.17, 15) is 4.79 Å². The summed E-state index contributed by atoms with van der Waals surface area (Å²) in [5.74, 6) is 0.485. The Bertz CT molecular complexity index is 774. The van der Waals surface area contributed by atoms with E-state index in [0.29, 0.717) is 23.0 Å². The summed E-state index contributed by atoms with van der Waals surface area (Å²) in [6.45, 7) is 6.89. The van der Waals surface area contributed by atoms with Crippen LogP contribution in [0.15, 0.2) is 54.6 Å². The lowest BCUT2D eigenvalue weighted by Gasteiger charge is -2.36. The number of benzene rings is 2. The zero-order valence-electron chi connectivity index (χ0n) is 15.6. The fourth-order valence-electron chi connectivity index (χ4n) is 3.09. The van der Waals surface area contributed by atoms with E-state index in [4.69, 9.17) is 17.0 Å². The molecule has 1 N–H and O–H groups in total. The predicted molar refractivity (Wildman–Crippen MR) is 111 cm³/mol. The minimum absolute atomic E-state index is 0.201. The van der Waals surface area contributed by atoms with Gasteiger partial charge >= 0.3 is 0 Å². The fraction of sp³-hybridized carbons (Fsp3) is 0.333. The van der Waals surface area contributed by atoms with Gasteiger partial charge in [0.25, 0.3) is 5.91 Å². The van der Waals surface area contributed by atoms with Gasteiger partial charge in [-0.05, 0) is 42.9 Å². The number of carbonyl (C=O) groups excluding carboxylic acids is 1. The fourth-order valence-corrected chi connectivity index (χ4v) is 3.37. The zero-order chi connectivity index (χ0) is 19.1. The second-order valence-corrected chi connectivity index (χ2v) is 6.86.